The summed E-state index contributed by atoms with van der Waals surface area (Å²) >= 11 is 0. The summed E-state index contributed by atoms with van der Waals surface area (Å²) in [6.07, 6.45) is 3.71. The Morgan fingerprint density at radius 1 is 1.20 bits per heavy atom. The fourth-order valence-electron chi connectivity index (χ4n) is 6.55. The number of ketones is 1. The minimum absolute atomic E-state index is 0.0441. The highest BCUT2D eigenvalue weighted by molar-refractivity contribution is 7.46. The van der Waals surface area contributed by atoms with E-state index < -0.39 is 44.1 Å². The van der Waals surface area contributed by atoms with Crippen LogP contribution in [-0.2, 0) is 23.5 Å². The zero-order valence-corrected chi connectivity index (χ0v) is 23.6. The number of nitrogens with one attached hydrogen (secondary N) is 3. The molecule has 2 saturated heterocycles. The maximum absolute atomic E-state index is 13.9. The second-order valence-corrected chi connectivity index (χ2v) is 12.3. The third-order valence-corrected chi connectivity index (χ3v) is 8.96. The number of fused-ring (bicyclic) bond motifs is 2. The van der Waals surface area contributed by atoms with Gasteiger partial charge >= 0.3 is 7.82 Å². The van der Waals surface area contributed by atoms with Crippen molar-refractivity contribution in [2.24, 2.45) is 17.8 Å². The standard InChI is InChI=1S/C27H35N4O9P/c1-39-23-9-3-8-19-18(23)12-21(29-19)27(35)31-13-16-5-2-7-17(16)24(31)26(34)30-20(22(32)14-40-41(36,37)38)11-15-6-4-10-28-25(15)33/h3,8-9,12,15-17,20,24,29H,2,4-7,10-11,13-14H2,1H3,(H,28,33)(H,30,34)(H2,36,37,38)/t15?,16-,17-,20?,24-/m0/s1. The molecule has 2 aliphatic heterocycles. The number of amides is 3. The number of nitrogens with zero attached hydrogens (tertiary/aromatic N) is 1. The molecule has 5 rings (SSSR count). The van der Waals surface area contributed by atoms with Crippen LogP contribution in [0.1, 0.15) is 49.0 Å². The summed E-state index contributed by atoms with van der Waals surface area (Å²) in [4.78, 5) is 76.0. The molecule has 0 radical (unpaired) electrons. The number of hydrogen-bond acceptors (Lipinski definition) is 7. The highest BCUT2D eigenvalue weighted by atomic mass is 31.2. The molecule has 2 aromatic rings. The number of methoxy groups -OCH3 is 1. The molecular formula is C27H35N4O9P. The van der Waals surface area contributed by atoms with Gasteiger partial charge < -0.3 is 35.0 Å². The lowest BCUT2D eigenvalue weighted by Crippen LogP contribution is -2.54. The lowest BCUT2D eigenvalue weighted by molar-refractivity contribution is -0.133. The molecule has 3 fully saturated rings. The molecular weight excluding hydrogens is 555 g/mol. The lowest BCUT2D eigenvalue weighted by atomic mass is 9.89. The molecule has 13 nitrogen and oxygen atoms in total. The van der Waals surface area contributed by atoms with Crippen LogP contribution in [0.3, 0.4) is 0 Å². The van der Waals surface area contributed by atoms with Crippen LogP contribution < -0.4 is 15.4 Å². The third kappa shape index (κ3) is 6.33. The highest BCUT2D eigenvalue weighted by Gasteiger charge is 2.50. The normalized spacial score (nSPS) is 25.0. The topological polar surface area (TPSA) is 187 Å². The number of likely N-dealkylation sites (tertiary alicyclic amines) is 1. The second kappa shape index (κ2) is 11.9. The maximum atomic E-state index is 13.9. The van der Waals surface area contributed by atoms with Gasteiger partial charge in [0.15, 0.2) is 5.78 Å². The van der Waals surface area contributed by atoms with Gasteiger partial charge in [-0.25, -0.2) is 4.57 Å². The number of aromatic amines is 1. The zero-order valence-electron chi connectivity index (χ0n) is 22.7. The first-order chi connectivity index (χ1) is 19.6. The van der Waals surface area contributed by atoms with Gasteiger partial charge in [0.25, 0.3) is 5.91 Å². The molecule has 222 valence electrons. The van der Waals surface area contributed by atoms with Gasteiger partial charge in [-0.3, -0.25) is 23.7 Å². The Hall–Kier alpha value is -3.25. The number of phosphoric acid groups is 1. The number of ether oxygens (including phenoxy) is 1. The largest absolute Gasteiger partial charge is 0.496 e. The van der Waals surface area contributed by atoms with E-state index in [2.05, 4.69) is 20.1 Å². The predicted octanol–water partition coefficient (Wildman–Crippen LogP) is 1.50. The number of carbonyl (C=O) groups excluding carboxylic acids is 4. The maximum Gasteiger partial charge on any atom is 0.470 e. The molecule has 3 heterocycles. The summed E-state index contributed by atoms with van der Waals surface area (Å²) < 4.78 is 21.1. The summed E-state index contributed by atoms with van der Waals surface area (Å²) in [6.45, 7) is -0.0255. The van der Waals surface area contributed by atoms with Crippen LogP contribution >= 0.6 is 7.82 Å². The van der Waals surface area contributed by atoms with Gasteiger partial charge in [0, 0.05) is 29.9 Å². The first-order valence-corrected chi connectivity index (χ1v) is 15.4. The summed E-state index contributed by atoms with van der Waals surface area (Å²) in [5.41, 5.74) is 1.03. The first-order valence-electron chi connectivity index (χ1n) is 13.8. The van der Waals surface area contributed by atoms with Crippen molar-refractivity contribution in [2.75, 3.05) is 26.8 Å². The number of rotatable bonds is 10. The number of piperidine rings is 1. The Morgan fingerprint density at radius 3 is 2.73 bits per heavy atom. The smallest absolute Gasteiger partial charge is 0.470 e. The van der Waals surface area contributed by atoms with Gasteiger partial charge in [-0.05, 0) is 62.1 Å². The number of aromatic nitrogens is 1. The van der Waals surface area contributed by atoms with E-state index in [-0.39, 0.29) is 30.1 Å². The van der Waals surface area contributed by atoms with Gasteiger partial charge in [-0.1, -0.05) is 12.5 Å². The average Bonchev–Trinajstić information content (AvgIpc) is 3.66. The number of hydrogen-bond donors (Lipinski definition) is 5. The van der Waals surface area contributed by atoms with E-state index in [0.29, 0.717) is 37.4 Å². The first kappa shape index (κ1) is 29.2. The molecule has 1 aromatic heterocycles. The summed E-state index contributed by atoms with van der Waals surface area (Å²) in [5.74, 6) is -1.82. The fourth-order valence-corrected chi connectivity index (χ4v) is 6.84. The van der Waals surface area contributed by atoms with Crippen molar-refractivity contribution in [1.29, 1.82) is 0 Å². The average molecular weight is 591 g/mol. The lowest BCUT2D eigenvalue weighted by Gasteiger charge is -2.30. The van der Waals surface area contributed by atoms with Gasteiger partial charge in [-0.15, -0.1) is 0 Å². The molecule has 3 aliphatic rings. The molecule has 0 bridgehead atoms. The van der Waals surface area contributed by atoms with E-state index in [0.717, 1.165) is 30.2 Å². The SMILES string of the molecule is COc1cccc2[nH]c(C(=O)N3C[C@@H]4CCC[C@@H]4[C@H]3C(=O)NC(CC3CCCNC3=O)C(=O)COP(=O)(O)O)cc12. The minimum Gasteiger partial charge on any atom is -0.496 e. The molecule has 14 heteroatoms. The van der Waals surface area contributed by atoms with Gasteiger partial charge in [0.05, 0.1) is 13.2 Å². The second-order valence-electron chi connectivity index (χ2n) is 11.0. The molecule has 5 atom stereocenters. The summed E-state index contributed by atoms with van der Waals surface area (Å²) in [7, 11) is -3.39. The Labute approximate surface area is 236 Å². The number of carbonyl (C=O) groups is 4. The monoisotopic (exact) mass is 590 g/mol. The van der Waals surface area contributed by atoms with Gasteiger partial charge in [0.2, 0.25) is 11.8 Å². The third-order valence-electron chi connectivity index (χ3n) is 8.49. The molecule has 41 heavy (non-hydrogen) atoms. The number of phosphoric ester groups is 1. The Bertz CT molecular complexity index is 1390. The molecule has 3 amide bonds. The molecule has 0 spiro atoms. The quantitative estimate of drug-likeness (QED) is 0.256. The Kier molecular flexibility index (Phi) is 8.51. The molecule has 1 aromatic carbocycles. The fraction of sp³-hybridized carbons (Fsp3) is 0.556. The van der Waals surface area contributed by atoms with E-state index in [1.165, 1.54) is 0 Å². The van der Waals surface area contributed by atoms with Crippen LogP contribution in [0.15, 0.2) is 24.3 Å². The van der Waals surface area contributed by atoms with Crippen LogP contribution in [0.2, 0.25) is 0 Å². The van der Waals surface area contributed by atoms with Gasteiger partial charge in [0.1, 0.15) is 24.1 Å². The highest BCUT2D eigenvalue weighted by Crippen LogP contribution is 2.43. The van der Waals surface area contributed by atoms with Crippen molar-refractivity contribution in [3.8, 4) is 5.75 Å². The molecule has 5 N–H and O–H groups in total. The minimum atomic E-state index is -4.94. The Balaban J connectivity index is 1.39. The van der Waals surface area contributed by atoms with Crippen molar-refractivity contribution in [3.05, 3.63) is 30.0 Å². The van der Waals surface area contributed by atoms with Crippen LogP contribution in [-0.4, -0.2) is 82.1 Å². The van der Waals surface area contributed by atoms with Crippen LogP contribution in [0.5, 0.6) is 5.75 Å². The van der Waals surface area contributed by atoms with E-state index in [4.69, 9.17) is 14.5 Å². The Morgan fingerprint density at radius 2 is 2.00 bits per heavy atom. The molecule has 2 unspecified atom stereocenters. The number of benzene rings is 1. The van der Waals surface area contributed by atoms with Crippen molar-refractivity contribution >= 4 is 42.2 Å². The number of Topliss-reactive ketones (excluding diaryl/α,β-unsaturated/α-hetero) is 1. The van der Waals surface area contributed by atoms with Crippen LogP contribution in [0.25, 0.3) is 10.9 Å². The summed E-state index contributed by atoms with van der Waals surface area (Å²) in [5, 5.41) is 6.21. The van der Waals surface area contributed by atoms with Crippen molar-refractivity contribution in [1.82, 2.24) is 20.5 Å². The molecule has 1 saturated carbocycles. The van der Waals surface area contributed by atoms with Crippen molar-refractivity contribution in [2.45, 2.75) is 50.6 Å². The summed E-state index contributed by atoms with van der Waals surface area (Å²) in [6, 6.07) is 5.06. The van der Waals surface area contributed by atoms with Crippen molar-refractivity contribution in [3.63, 3.8) is 0 Å². The van der Waals surface area contributed by atoms with Crippen LogP contribution in [0, 0.1) is 17.8 Å². The van der Waals surface area contributed by atoms with E-state index in [9.17, 15) is 23.7 Å². The van der Waals surface area contributed by atoms with Crippen LogP contribution in [0.4, 0.5) is 0 Å². The van der Waals surface area contributed by atoms with E-state index in [1.54, 1.807) is 24.1 Å². The van der Waals surface area contributed by atoms with Crippen molar-refractivity contribution < 1.29 is 42.8 Å². The predicted molar refractivity (Wildman–Crippen MR) is 146 cm³/mol. The zero-order chi connectivity index (χ0) is 29.3. The van der Waals surface area contributed by atoms with E-state index >= 15 is 0 Å². The molecule has 1 aliphatic carbocycles. The van der Waals surface area contributed by atoms with Gasteiger partial charge in [-0.2, -0.15) is 0 Å². The van der Waals surface area contributed by atoms with E-state index in [1.807, 2.05) is 12.1 Å². The number of H-pyrrole nitrogens is 1.